The third kappa shape index (κ3) is 4.55. The molecule has 0 bridgehead atoms. The maximum absolute atomic E-state index is 13.1. The lowest BCUT2D eigenvalue weighted by molar-refractivity contribution is 0.102. The first kappa shape index (κ1) is 20.9. The van der Waals surface area contributed by atoms with E-state index in [1.54, 1.807) is 31.5 Å². The Labute approximate surface area is 185 Å². The molecule has 2 aromatic heterocycles. The summed E-state index contributed by atoms with van der Waals surface area (Å²) in [5.74, 6) is -0.200. The van der Waals surface area contributed by atoms with Gasteiger partial charge in [-0.3, -0.25) is 9.78 Å². The Hall–Kier alpha value is -3.35. The van der Waals surface area contributed by atoms with E-state index < -0.39 is 0 Å². The number of carbonyl (C=O) groups is 1. The monoisotopic (exact) mass is 434 g/mol. The van der Waals surface area contributed by atoms with Crippen molar-refractivity contribution in [2.45, 2.75) is 0 Å². The quantitative estimate of drug-likeness (QED) is 0.392. The summed E-state index contributed by atoms with van der Waals surface area (Å²) in [6.07, 6.45) is 3.69. The van der Waals surface area contributed by atoms with E-state index in [-0.39, 0.29) is 5.91 Å². The summed E-state index contributed by atoms with van der Waals surface area (Å²) in [7, 11) is 3.63. The lowest BCUT2D eigenvalue weighted by Crippen LogP contribution is -2.16. The van der Waals surface area contributed by atoms with Crippen molar-refractivity contribution in [1.82, 2.24) is 9.55 Å². The third-order valence-corrected chi connectivity index (χ3v) is 5.37. The van der Waals surface area contributed by atoms with Crippen LogP contribution < -0.4 is 10.6 Å². The van der Waals surface area contributed by atoms with Gasteiger partial charge in [-0.05, 0) is 48.5 Å². The van der Waals surface area contributed by atoms with Gasteiger partial charge in [0.1, 0.15) is 0 Å². The van der Waals surface area contributed by atoms with Crippen LogP contribution in [0.5, 0.6) is 0 Å². The van der Waals surface area contributed by atoms with Crippen molar-refractivity contribution in [3.8, 4) is 11.3 Å². The maximum Gasteiger partial charge on any atom is 0.257 e. The van der Waals surface area contributed by atoms with Crippen LogP contribution in [0.1, 0.15) is 10.4 Å². The van der Waals surface area contributed by atoms with Crippen molar-refractivity contribution in [3.05, 3.63) is 77.6 Å². The average molecular weight is 435 g/mol. The number of aromatic nitrogens is 2. The second kappa shape index (κ2) is 9.20. The Kier molecular flexibility index (Phi) is 6.21. The first-order valence-corrected chi connectivity index (χ1v) is 10.3. The third-order valence-electron chi connectivity index (χ3n) is 5.06. The molecule has 0 unspecified atom stereocenters. The Morgan fingerprint density at radius 2 is 2.03 bits per heavy atom. The lowest BCUT2D eigenvalue weighted by atomic mass is 10.0. The topological polar surface area (TPSA) is 68.2 Å². The van der Waals surface area contributed by atoms with Gasteiger partial charge in [-0.25, -0.2) is 0 Å². The second-order valence-electron chi connectivity index (χ2n) is 7.17. The summed E-state index contributed by atoms with van der Waals surface area (Å²) in [5.41, 5.74) is 4.56. The van der Waals surface area contributed by atoms with Crippen molar-refractivity contribution >= 4 is 39.8 Å². The van der Waals surface area contributed by atoms with E-state index in [1.165, 1.54) is 0 Å². The standard InChI is InChI=1S/C24H23ClN4O2/c1-29-12-9-16-14-18(6-8-22(16)29)28-24(30)19-7-5-17(15-21(19)26-11-13-31-2)23-20(25)4-3-10-27-23/h3-10,12,14-15,26H,11,13H2,1-2H3,(H,28,30). The highest BCUT2D eigenvalue weighted by Gasteiger charge is 2.15. The molecule has 1 amide bonds. The molecule has 4 rings (SSSR count). The number of ether oxygens (including phenoxy) is 1. The van der Waals surface area contributed by atoms with E-state index in [2.05, 4.69) is 15.6 Å². The molecule has 6 nitrogen and oxygen atoms in total. The number of carbonyl (C=O) groups excluding carboxylic acids is 1. The normalized spacial score (nSPS) is 10.9. The van der Waals surface area contributed by atoms with Crippen LogP contribution in [0.25, 0.3) is 22.2 Å². The molecule has 0 aliphatic heterocycles. The van der Waals surface area contributed by atoms with Crippen LogP contribution in [0, 0.1) is 0 Å². The number of hydrogen-bond donors (Lipinski definition) is 2. The van der Waals surface area contributed by atoms with E-state index >= 15 is 0 Å². The minimum absolute atomic E-state index is 0.200. The number of anilines is 2. The summed E-state index contributed by atoms with van der Waals surface area (Å²) >= 11 is 6.31. The molecule has 2 aromatic carbocycles. The van der Waals surface area contributed by atoms with E-state index in [9.17, 15) is 4.79 Å². The van der Waals surface area contributed by atoms with Crippen molar-refractivity contribution < 1.29 is 9.53 Å². The van der Waals surface area contributed by atoms with Crippen LogP contribution in [0.4, 0.5) is 11.4 Å². The summed E-state index contributed by atoms with van der Waals surface area (Å²) in [6, 6.07) is 17.0. The molecule has 0 fully saturated rings. The Balaban J connectivity index is 1.64. The highest BCUT2D eigenvalue weighted by Crippen LogP contribution is 2.30. The Bertz CT molecular complexity index is 1240. The zero-order chi connectivity index (χ0) is 21.8. The van der Waals surface area contributed by atoms with E-state index in [0.29, 0.717) is 35.1 Å². The van der Waals surface area contributed by atoms with Gasteiger partial charge in [0.25, 0.3) is 5.91 Å². The predicted octanol–water partition coefficient (Wildman–Crippen LogP) is 5.20. The van der Waals surface area contributed by atoms with E-state index in [1.807, 2.05) is 54.2 Å². The van der Waals surface area contributed by atoms with Gasteiger partial charge < -0.3 is 19.9 Å². The highest BCUT2D eigenvalue weighted by molar-refractivity contribution is 6.33. The van der Waals surface area contributed by atoms with Gasteiger partial charge in [-0.1, -0.05) is 17.7 Å². The number of methoxy groups -OCH3 is 1. The number of halogens is 1. The number of nitrogens with zero attached hydrogens (tertiary/aromatic N) is 2. The fourth-order valence-corrected chi connectivity index (χ4v) is 3.71. The first-order valence-electron chi connectivity index (χ1n) is 9.91. The summed E-state index contributed by atoms with van der Waals surface area (Å²) < 4.78 is 7.18. The minimum atomic E-state index is -0.200. The molecule has 0 saturated heterocycles. The van der Waals surface area contributed by atoms with Crippen LogP contribution >= 0.6 is 11.6 Å². The van der Waals surface area contributed by atoms with Gasteiger partial charge >= 0.3 is 0 Å². The number of aryl methyl sites for hydroxylation is 1. The fourth-order valence-electron chi connectivity index (χ4n) is 3.48. The summed E-state index contributed by atoms with van der Waals surface area (Å²) in [5, 5.41) is 7.91. The second-order valence-corrected chi connectivity index (χ2v) is 7.58. The predicted molar refractivity (Wildman–Crippen MR) is 126 cm³/mol. The molecule has 158 valence electrons. The van der Waals surface area contributed by atoms with Crippen LogP contribution in [0.3, 0.4) is 0 Å². The van der Waals surface area contributed by atoms with Crippen molar-refractivity contribution in [2.24, 2.45) is 7.05 Å². The van der Waals surface area contributed by atoms with Gasteiger partial charge in [0.15, 0.2) is 0 Å². The minimum Gasteiger partial charge on any atom is -0.383 e. The molecule has 31 heavy (non-hydrogen) atoms. The molecule has 0 saturated carbocycles. The zero-order valence-corrected chi connectivity index (χ0v) is 18.1. The molecule has 0 aliphatic carbocycles. The molecular weight excluding hydrogens is 412 g/mol. The number of pyridine rings is 1. The molecule has 4 aromatic rings. The fraction of sp³-hybridized carbons (Fsp3) is 0.167. The molecule has 2 N–H and O–H groups in total. The summed E-state index contributed by atoms with van der Waals surface area (Å²) in [6.45, 7) is 1.08. The van der Waals surface area contributed by atoms with E-state index in [0.717, 1.165) is 22.2 Å². The summed E-state index contributed by atoms with van der Waals surface area (Å²) in [4.78, 5) is 17.5. The van der Waals surface area contributed by atoms with Crippen molar-refractivity contribution in [3.63, 3.8) is 0 Å². The maximum atomic E-state index is 13.1. The number of amides is 1. The number of hydrogen-bond acceptors (Lipinski definition) is 4. The molecule has 7 heteroatoms. The Morgan fingerprint density at radius 3 is 2.84 bits per heavy atom. The van der Waals surface area contributed by atoms with Gasteiger partial charge in [-0.15, -0.1) is 0 Å². The van der Waals surface area contributed by atoms with Crippen molar-refractivity contribution in [2.75, 3.05) is 30.9 Å². The zero-order valence-electron chi connectivity index (χ0n) is 17.4. The number of benzene rings is 2. The van der Waals surface area contributed by atoms with E-state index in [4.69, 9.17) is 16.3 Å². The van der Waals surface area contributed by atoms with Crippen LogP contribution in [-0.2, 0) is 11.8 Å². The van der Waals surface area contributed by atoms with Gasteiger partial charge in [0, 0.05) is 60.9 Å². The Morgan fingerprint density at radius 1 is 1.16 bits per heavy atom. The molecule has 0 radical (unpaired) electrons. The molecule has 0 spiro atoms. The van der Waals surface area contributed by atoms with Crippen molar-refractivity contribution in [1.29, 1.82) is 0 Å². The largest absolute Gasteiger partial charge is 0.383 e. The molecular formula is C24H23ClN4O2. The van der Waals surface area contributed by atoms with Crippen LogP contribution in [0.2, 0.25) is 5.02 Å². The van der Waals surface area contributed by atoms with Crippen LogP contribution in [0.15, 0.2) is 67.0 Å². The number of fused-ring (bicyclic) bond motifs is 1. The van der Waals surface area contributed by atoms with Gasteiger partial charge in [0.05, 0.1) is 22.9 Å². The molecule has 0 atom stereocenters. The van der Waals surface area contributed by atoms with Crippen LogP contribution in [-0.4, -0.2) is 35.7 Å². The average Bonchev–Trinajstić information content (AvgIpc) is 3.14. The highest BCUT2D eigenvalue weighted by atomic mass is 35.5. The number of nitrogens with one attached hydrogen (secondary N) is 2. The SMILES string of the molecule is COCCNc1cc(-c2ncccc2Cl)ccc1C(=O)Nc1ccc2c(ccn2C)c1. The van der Waals surface area contributed by atoms with Gasteiger partial charge in [0.2, 0.25) is 0 Å². The number of rotatable bonds is 7. The molecule has 0 aliphatic rings. The smallest absolute Gasteiger partial charge is 0.257 e. The lowest BCUT2D eigenvalue weighted by Gasteiger charge is -2.14. The molecule has 2 heterocycles. The first-order chi connectivity index (χ1) is 15.1. The van der Waals surface area contributed by atoms with Gasteiger partial charge in [-0.2, -0.15) is 0 Å².